The molecule has 128 valence electrons. The summed E-state index contributed by atoms with van der Waals surface area (Å²) in [4.78, 5) is 0. The summed E-state index contributed by atoms with van der Waals surface area (Å²) >= 11 is 0. The van der Waals surface area contributed by atoms with Gasteiger partial charge >= 0.3 is 0 Å². The van der Waals surface area contributed by atoms with E-state index in [0.717, 1.165) is 0 Å². The molecule has 0 amide bonds. The molecule has 0 bridgehead atoms. The molecule has 0 spiro atoms. The van der Waals surface area contributed by atoms with Crippen LogP contribution in [0.25, 0.3) is 22.3 Å². The molecule has 0 heterocycles. The second kappa shape index (κ2) is 7.09. The first-order valence-corrected chi connectivity index (χ1v) is 8.05. The predicted octanol–water partition coefficient (Wildman–Crippen LogP) is 6.53. The SMILES string of the molecule is CCCc1c(F)c(F)c(F)c(-c2ccccc2)c1-c1ccccc1F. The molecule has 0 nitrogen and oxygen atoms in total. The highest BCUT2D eigenvalue weighted by atomic mass is 19.2. The summed E-state index contributed by atoms with van der Waals surface area (Å²) in [7, 11) is 0. The van der Waals surface area contributed by atoms with Gasteiger partial charge in [-0.05, 0) is 23.6 Å². The Morgan fingerprint density at radius 1 is 0.680 bits per heavy atom. The lowest BCUT2D eigenvalue weighted by atomic mass is 9.87. The van der Waals surface area contributed by atoms with Crippen molar-refractivity contribution < 1.29 is 17.6 Å². The summed E-state index contributed by atoms with van der Waals surface area (Å²) in [6.07, 6.45) is 0.685. The first kappa shape index (κ1) is 17.2. The van der Waals surface area contributed by atoms with Crippen molar-refractivity contribution >= 4 is 0 Å². The van der Waals surface area contributed by atoms with Gasteiger partial charge in [0.15, 0.2) is 17.5 Å². The Morgan fingerprint density at radius 2 is 1.32 bits per heavy atom. The summed E-state index contributed by atoms with van der Waals surface area (Å²) < 4.78 is 57.8. The monoisotopic (exact) mass is 344 g/mol. The fourth-order valence-electron chi connectivity index (χ4n) is 3.03. The lowest BCUT2D eigenvalue weighted by molar-refractivity contribution is 0.443. The van der Waals surface area contributed by atoms with Crippen molar-refractivity contribution in [2.75, 3.05) is 0 Å². The Hall–Kier alpha value is -2.62. The normalized spacial score (nSPS) is 10.9. The van der Waals surface area contributed by atoms with E-state index in [0.29, 0.717) is 12.0 Å². The smallest absolute Gasteiger partial charge is 0.195 e. The molecule has 3 aromatic rings. The largest absolute Gasteiger partial charge is 0.206 e. The zero-order valence-electron chi connectivity index (χ0n) is 13.6. The summed E-state index contributed by atoms with van der Waals surface area (Å²) in [5.74, 6) is -4.69. The zero-order chi connectivity index (χ0) is 18.0. The molecule has 0 aliphatic heterocycles. The first-order chi connectivity index (χ1) is 12.1. The molecule has 0 unspecified atom stereocenters. The van der Waals surface area contributed by atoms with E-state index in [-0.39, 0.29) is 28.7 Å². The number of hydrogen-bond acceptors (Lipinski definition) is 0. The highest BCUT2D eigenvalue weighted by Gasteiger charge is 2.27. The Labute approximate surface area is 143 Å². The number of halogens is 4. The molecule has 0 saturated carbocycles. The van der Waals surface area contributed by atoms with Crippen LogP contribution in [0.1, 0.15) is 18.9 Å². The standard InChI is InChI=1S/C21H16F4/c1-2-8-15-18(14-11-6-7-12-16(14)22)17(13-9-4-3-5-10-13)20(24)21(25)19(15)23/h3-7,9-12H,2,8H2,1H3. The Bertz CT molecular complexity index is 902. The van der Waals surface area contributed by atoms with E-state index < -0.39 is 23.3 Å². The average molecular weight is 344 g/mol. The number of hydrogen-bond donors (Lipinski definition) is 0. The maximum atomic E-state index is 14.7. The minimum absolute atomic E-state index is 0.00893. The Kier molecular flexibility index (Phi) is 4.88. The Morgan fingerprint density at radius 3 is 1.96 bits per heavy atom. The highest BCUT2D eigenvalue weighted by molar-refractivity contribution is 5.86. The number of benzene rings is 3. The molecule has 3 aromatic carbocycles. The molecule has 4 heteroatoms. The van der Waals surface area contributed by atoms with E-state index in [9.17, 15) is 17.6 Å². The third kappa shape index (κ3) is 3.04. The molecule has 0 aliphatic rings. The molecule has 0 N–H and O–H groups in total. The van der Waals surface area contributed by atoms with Gasteiger partial charge in [0.25, 0.3) is 0 Å². The second-order valence-corrected chi connectivity index (χ2v) is 5.77. The van der Waals surface area contributed by atoms with Gasteiger partial charge in [-0.3, -0.25) is 0 Å². The summed E-state index contributed by atoms with van der Waals surface area (Å²) in [5.41, 5.74) is 0.373. The Balaban J connectivity index is 2.47. The molecule has 0 aliphatic carbocycles. The second-order valence-electron chi connectivity index (χ2n) is 5.77. The van der Waals surface area contributed by atoms with Gasteiger partial charge in [-0.15, -0.1) is 0 Å². The topological polar surface area (TPSA) is 0 Å². The number of rotatable bonds is 4. The van der Waals surface area contributed by atoms with Crippen LogP contribution in [-0.4, -0.2) is 0 Å². The van der Waals surface area contributed by atoms with Crippen LogP contribution < -0.4 is 0 Å². The van der Waals surface area contributed by atoms with Crippen molar-refractivity contribution in [2.45, 2.75) is 19.8 Å². The van der Waals surface area contributed by atoms with Gasteiger partial charge in [0, 0.05) is 16.7 Å². The average Bonchev–Trinajstić information content (AvgIpc) is 2.63. The molecule has 0 aromatic heterocycles. The molecule has 25 heavy (non-hydrogen) atoms. The van der Waals surface area contributed by atoms with E-state index >= 15 is 0 Å². The van der Waals surface area contributed by atoms with Crippen LogP contribution >= 0.6 is 0 Å². The van der Waals surface area contributed by atoms with Gasteiger partial charge < -0.3 is 0 Å². The summed E-state index contributed by atoms with van der Waals surface area (Å²) in [5, 5.41) is 0. The zero-order valence-corrected chi connectivity index (χ0v) is 13.6. The van der Waals surface area contributed by atoms with Crippen LogP contribution in [0.15, 0.2) is 54.6 Å². The lowest BCUT2D eigenvalue weighted by Gasteiger charge is -2.18. The van der Waals surface area contributed by atoms with Crippen LogP contribution in [-0.2, 0) is 6.42 Å². The van der Waals surface area contributed by atoms with Crippen LogP contribution in [0.4, 0.5) is 17.6 Å². The lowest BCUT2D eigenvalue weighted by Crippen LogP contribution is -2.06. The molecule has 0 saturated heterocycles. The minimum Gasteiger partial charge on any atom is -0.206 e. The molecule has 3 rings (SSSR count). The predicted molar refractivity (Wildman–Crippen MR) is 91.1 cm³/mol. The van der Waals surface area contributed by atoms with Crippen molar-refractivity contribution in [3.05, 3.63) is 83.4 Å². The van der Waals surface area contributed by atoms with E-state index in [1.807, 2.05) is 0 Å². The fraction of sp³-hybridized carbons (Fsp3) is 0.143. The van der Waals surface area contributed by atoms with Gasteiger partial charge in [-0.1, -0.05) is 61.9 Å². The maximum Gasteiger partial charge on any atom is 0.195 e. The van der Waals surface area contributed by atoms with Gasteiger partial charge in [0.05, 0.1) is 0 Å². The van der Waals surface area contributed by atoms with Crippen LogP contribution in [0, 0.1) is 23.3 Å². The van der Waals surface area contributed by atoms with Crippen molar-refractivity contribution in [1.29, 1.82) is 0 Å². The van der Waals surface area contributed by atoms with E-state index in [4.69, 9.17) is 0 Å². The van der Waals surface area contributed by atoms with Crippen molar-refractivity contribution in [3.8, 4) is 22.3 Å². The van der Waals surface area contributed by atoms with Gasteiger partial charge in [0.2, 0.25) is 0 Å². The highest BCUT2D eigenvalue weighted by Crippen LogP contribution is 2.41. The van der Waals surface area contributed by atoms with E-state index in [1.54, 1.807) is 43.3 Å². The summed E-state index contributed by atoms with van der Waals surface area (Å²) in [6.45, 7) is 1.80. The molecule has 0 radical (unpaired) electrons. The van der Waals surface area contributed by atoms with Gasteiger partial charge in [-0.25, -0.2) is 17.6 Å². The van der Waals surface area contributed by atoms with Crippen LogP contribution in [0.5, 0.6) is 0 Å². The third-order valence-electron chi connectivity index (χ3n) is 4.13. The molecule has 0 fully saturated rings. The minimum atomic E-state index is -1.53. The molecular weight excluding hydrogens is 328 g/mol. The van der Waals surface area contributed by atoms with Gasteiger partial charge in [-0.2, -0.15) is 0 Å². The molecule has 0 atom stereocenters. The quantitative estimate of drug-likeness (QED) is 0.373. The van der Waals surface area contributed by atoms with Gasteiger partial charge in [0.1, 0.15) is 5.82 Å². The van der Waals surface area contributed by atoms with Crippen LogP contribution in [0.3, 0.4) is 0 Å². The van der Waals surface area contributed by atoms with Crippen molar-refractivity contribution in [1.82, 2.24) is 0 Å². The summed E-state index contributed by atoms with van der Waals surface area (Å²) in [6, 6.07) is 14.0. The van der Waals surface area contributed by atoms with E-state index in [1.165, 1.54) is 18.2 Å². The third-order valence-corrected chi connectivity index (χ3v) is 4.13. The first-order valence-electron chi connectivity index (χ1n) is 8.05. The van der Waals surface area contributed by atoms with Crippen molar-refractivity contribution in [2.24, 2.45) is 0 Å². The fourth-order valence-corrected chi connectivity index (χ4v) is 3.03. The molecular formula is C21H16F4. The maximum absolute atomic E-state index is 14.7. The van der Waals surface area contributed by atoms with E-state index in [2.05, 4.69) is 0 Å². The van der Waals surface area contributed by atoms with Crippen LogP contribution in [0.2, 0.25) is 0 Å². The van der Waals surface area contributed by atoms with Crippen molar-refractivity contribution in [3.63, 3.8) is 0 Å².